The van der Waals surface area contributed by atoms with Crippen molar-refractivity contribution in [1.82, 2.24) is 0 Å². The maximum atomic E-state index is 13.0. The number of aryl methyl sites for hydroxylation is 2. The first-order valence-corrected chi connectivity index (χ1v) is 6.27. The van der Waals surface area contributed by atoms with E-state index < -0.39 is 0 Å². The Labute approximate surface area is 113 Å². The van der Waals surface area contributed by atoms with Crippen LogP contribution in [0.2, 0.25) is 0 Å². The van der Waals surface area contributed by atoms with Crippen LogP contribution < -0.4 is 10.5 Å². The van der Waals surface area contributed by atoms with Gasteiger partial charge in [0.15, 0.2) is 0 Å². The molecule has 100 valence electrons. The monoisotopic (exact) mass is 259 g/mol. The van der Waals surface area contributed by atoms with E-state index in [4.69, 9.17) is 10.5 Å². The fourth-order valence-corrected chi connectivity index (χ4v) is 1.95. The molecule has 2 aromatic rings. The van der Waals surface area contributed by atoms with E-state index in [-0.39, 0.29) is 11.9 Å². The second kappa shape index (κ2) is 5.85. The van der Waals surface area contributed by atoms with Crippen LogP contribution >= 0.6 is 0 Å². The third kappa shape index (κ3) is 3.55. The van der Waals surface area contributed by atoms with Crippen molar-refractivity contribution in [3.8, 4) is 5.75 Å². The number of rotatable bonds is 4. The smallest absolute Gasteiger partial charge is 0.123 e. The van der Waals surface area contributed by atoms with Gasteiger partial charge in [-0.15, -0.1) is 0 Å². The Hall–Kier alpha value is -1.87. The van der Waals surface area contributed by atoms with Gasteiger partial charge in [-0.25, -0.2) is 4.39 Å². The second-order valence-electron chi connectivity index (χ2n) is 4.74. The summed E-state index contributed by atoms with van der Waals surface area (Å²) in [6.07, 6.45) is 0. The van der Waals surface area contributed by atoms with Gasteiger partial charge in [-0.1, -0.05) is 29.8 Å². The SMILES string of the molecule is Cc1cccc(C(N)COc2ccc(F)cc2C)c1. The van der Waals surface area contributed by atoms with Crippen LogP contribution in [-0.4, -0.2) is 6.61 Å². The van der Waals surface area contributed by atoms with E-state index >= 15 is 0 Å². The van der Waals surface area contributed by atoms with Gasteiger partial charge in [0, 0.05) is 0 Å². The second-order valence-corrected chi connectivity index (χ2v) is 4.74. The van der Waals surface area contributed by atoms with E-state index in [1.165, 1.54) is 17.7 Å². The zero-order valence-corrected chi connectivity index (χ0v) is 11.2. The van der Waals surface area contributed by atoms with Crippen molar-refractivity contribution in [3.05, 3.63) is 65.0 Å². The zero-order valence-electron chi connectivity index (χ0n) is 11.2. The van der Waals surface area contributed by atoms with E-state index in [1.807, 2.05) is 38.1 Å². The molecule has 0 saturated heterocycles. The lowest BCUT2D eigenvalue weighted by Gasteiger charge is -2.15. The maximum Gasteiger partial charge on any atom is 0.123 e. The van der Waals surface area contributed by atoms with Crippen molar-refractivity contribution in [3.63, 3.8) is 0 Å². The molecule has 2 aromatic carbocycles. The summed E-state index contributed by atoms with van der Waals surface area (Å²) >= 11 is 0. The van der Waals surface area contributed by atoms with E-state index in [0.29, 0.717) is 12.4 Å². The van der Waals surface area contributed by atoms with Crippen molar-refractivity contribution < 1.29 is 9.13 Å². The molecule has 3 heteroatoms. The average molecular weight is 259 g/mol. The largest absolute Gasteiger partial charge is 0.491 e. The summed E-state index contributed by atoms with van der Waals surface area (Å²) in [5.41, 5.74) is 9.08. The number of nitrogens with two attached hydrogens (primary N) is 1. The highest BCUT2D eigenvalue weighted by molar-refractivity contribution is 5.33. The van der Waals surface area contributed by atoms with Gasteiger partial charge in [-0.05, 0) is 43.2 Å². The molecule has 1 unspecified atom stereocenters. The Morgan fingerprint density at radius 2 is 1.95 bits per heavy atom. The van der Waals surface area contributed by atoms with E-state index in [0.717, 1.165) is 11.1 Å². The van der Waals surface area contributed by atoms with Crippen molar-refractivity contribution in [1.29, 1.82) is 0 Å². The van der Waals surface area contributed by atoms with Gasteiger partial charge in [0.2, 0.25) is 0 Å². The first-order valence-electron chi connectivity index (χ1n) is 6.27. The fraction of sp³-hybridized carbons (Fsp3) is 0.250. The van der Waals surface area contributed by atoms with Crippen LogP contribution in [0.4, 0.5) is 4.39 Å². The molecule has 0 spiro atoms. The molecule has 0 saturated carbocycles. The zero-order chi connectivity index (χ0) is 13.8. The Kier molecular flexibility index (Phi) is 4.17. The average Bonchev–Trinajstić information content (AvgIpc) is 2.37. The minimum Gasteiger partial charge on any atom is -0.491 e. The summed E-state index contributed by atoms with van der Waals surface area (Å²) in [5, 5.41) is 0. The predicted octanol–water partition coefficient (Wildman–Crippen LogP) is 3.52. The standard InChI is InChI=1S/C16H18FNO/c1-11-4-3-5-13(8-11)15(18)10-19-16-7-6-14(17)9-12(16)2/h3-9,15H,10,18H2,1-2H3. The van der Waals surface area contributed by atoms with E-state index in [2.05, 4.69) is 0 Å². The molecular formula is C16H18FNO. The third-order valence-electron chi connectivity index (χ3n) is 3.03. The molecule has 0 bridgehead atoms. The molecule has 0 radical (unpaired) electrons. The number of halogens is 1. The highest BCUT2D eigenvalue weighted by atomic mass is 19.1. The molecule has 0 fully saturated rings. The van der Waals surface area contributed by atoms with Crippen LogP contribution in [-0.2, 0) is 0 Å². The minimum atomic E-state index is -0.257. The van der Waals surface area contributed by atoms with E-state index in [1.54, 1.807) is 6.07 Å². The van der Waals surface area contributed by atoms with E-state index in [9.17, 15) is 4.39 Å². The Morgan fingerprint density at radius 3 is 2.63 bits per heavy atom. The Bertz CT molecular complexity index is 568. The number of ether oxygens (including phenoxy) is 1. The molecule has 0 aliphatic rings. The van der Waals surface area contributed by atoms with Crippen LogP contribution in [0, 0.1) is 19.7 Å². The van der Waals surface area contributed by atoms with Gasteiger partial charge in [-0.3, -0.25) is 0 Å². The minimum absolute atomic E-state index is 0.190. The Morgan fingerprint density at radius 1 is 1.16 bits per heavy atom. The quantitative estimate of drug-likeness (QED) is 0.911. The molecule has 19 heavy (non-hydrogen) atoms. The van der Waals surface area contributed by atoms with Crippen LogP contribution in [0.25, 0.3) is 0 Å². The summed E-state index contributed by atoms with van der Waals surface area (Å²) in [5.74, 6) is 0.414. The maximum absolute atomic E-state index is 13.0. The normalized spacial score (nSPS) is 12.2. The van der Waals surface area contributed by atoms with Gasteiger partial charge in [0.1, 0.15) is 18.2 Å². The summed E-state index contributed by atoms with van der Waals surface area (Å²) in [4.78, 5) is 0. The lowest BCUT2D eigenvalue weighted by Crippen LogP contribution is -2.19. The van der Waals surface area contributed by atoms with Gasteiger partial charge < -0.3 is 10.5 Å². The molecule has 0 aliphatic carbocycles. The van der Waals surface area contributed by atoms with Crippen molar-refractivity contribution in [2.45, 2.75) is 19.9 Å². The summed E-state index contributed by atoms with van der Waals surface area (Å²) in [7, 11) is 0. The first-order chi connectivity index (χ1) is 9.06. The van der Waals surface area contributed by atoms with Crippen molar-refractivity contribution in [2.24, 2.45) is 5.73 Å². The molecule has 0 amide bonds. The molecule has 2 rings (SSSR count). The predicted molar refractivity (Wildman–Crippen MR) is 74.7 cm³/mol. The van der Waals surface area contributed by atoms with Gasteiger partial charge in [0.05, 0.1) is 6.04 Å². The van der Waals surface area contributed by atoms with Gasteiger partial charge >= 0.3 is 0 Å². The number of benzene rings is 2. The van der Waals surface area contributed by atoms with Crippen molar-refractivity contribution >= 4 is 0 Å². The summed E-state index contributed by atoms with van der Waals surface area (Å²) < 4.78 is 18.6. The van der Waals surface area contributed by atoms with Crippen LogP contribution in [0.3, 0.4) is 0 Å². The van der Waals surface area contributed by atoms with Gasteiger partial charge in [-0.2, -0.15) is 0 Å². The number of hydrogen-bond donors (Lipinski definition) is 1. The van der Waals surface area contributed by atoms with Gasteiger partial charge in [0.25, 0.3) is 0 Å². The highest BCUT2D eigenvalue weighted by Gasteiger charge is 2.08. The summed E-state index contributed by atoms with van der Waals surface area (Å²) in [6.45, 7) is 4.22. The lowest BCUT2D eigenvalue weighted by molar-refractivity contribution is 0.288. The lowest BCUT2D eigenvalue weighted by atomic mass is 10.1. The van der Waals surface area contributed by atoms with Crippen molar-refractivity contribution in [2.75, 3.05) is 6.61 Å². The highest BCUT2D eigenvalue weighted by Crippen LogP contribution is 2.20. The molecular weight excluding hydrogens is 241 g/mol. The molecule has 1 atom stereocenters. The third-order valence-corrected chi connectivity index (χ3v) is 3.03. The van der Waals surface area contributed by atoms with Crippen LogP contribution in [0.5, 0.6) is 5.75 Å². The molecule has 2 nitrogen and oxygen atoms in total. The molecule has 2 N–H and O–H groups in total. The number of hydrogen-bond acceptors (Lipinski definition) is 2. The topological polar surface area (TPSA) is 35.2 Å². The Balaban J connectivity index is 2.02. The first kappa shape index (κ1) is 13.6. The summed E-state index contributed by atoms with van der Waals surface area (Å²) in [6, 6.07) is 12.3. The molecule has 0 heterocycles. The van der Waals surface area contributed by atoms with Crippen LogP contribution in [0.15, 0.2) is 42.5 Å². The molecule has 0 aliphatic heterocycles. The molecule has 0 aromatic heterocycles. The van der Waals surface area contributed by atoms with Crippen LogP contribution in [0.1, 0.15) is 22.7 Å². The fourth-order valence-electron chi connectivity index (χ4n) is 1.95.